The van der Waals surface area contributed by atoms with Crippen molar-refractivity contribution in [2.75, 3.05) is 4.90 Å². The summed E-state index contributed by atoms with van der Waals surface area (Å²) in [7, 11) is 0. The van der Waals surface area contributed by atoms with Gasteiger partial charge in [0.15, 0.2) is 0 Å². The highest BCUT2D eigenvalue weighted by molar-refractivity contribution is 7.15. The van der Waals surface area contributed by atoms with Gasteiger partial charge in [0, 0.05) is 0 Å². The molecular weight excluding hydrogens is 274 g/mol. The van der Waals surface area contributed by atoms with Gasteiger partial charge in [-0.1, -0.05) is 23.5 Å². The number of carbonyl (C=O) groups is 2. The minimum Gasteiger partial charge on any atom is -0.274 e. The molecule has 2 amide bonds. The second kappa shape index (κ2) is 3.36. The van der Waals surface area contributed by atoms with E-state index in [9.17, 15) is 9.59 Å². The van der Waals surface area contributed by atoms with Gasteiger partial charge >= 0.3 is 0 Å². The van der Waals surface area contributed by atoms with E-state index in [0.29, 0.717) is 17.0 Å². The second-order valence-corrected chi connectivity index (χ2v) is 7.43. The maximum absolute atomic E-state index is 12.7. The topological polar surface area (TPSA) is 63.2 Å². The van der Waals surface area contributed by atoms with E-state index in [4.69, 9.17) is 0 Å². The Morgan fingerprint density at radius 1 is 1.10 bits per heavy atom. The minimum absolute atomic E-state index is 0.0548. The first-order chi connectivity index (χ1) is 9.66. The van der Waals surface area contributed by atoms with Gasteiger partial charge in [0.25, 0.3) is 0 Å². The Morgan fingerprint density at radius 3 is 2.20 bits per heavy atom. The van der Waals surface area contributed by atoms with Crippen LogP contribution in [-0.4, -0.2) is 22.0 Å². The lowest BCUT2D eigenvalue weighted by Gasteiger charge is -2.37. The van der Waals surface area contributed by atoms with Crippen LogP contribution in [0.1, 0.15) is 11.4 Å². The Labute approximate surface area is 119 Å². The summed E-state index contributed by atoms with van der Waals surface area (Å²) in [6.07, 6.45) is 5.55. The number of amides is 2. The first-order valence-electron chi connectivity index (χ1n) is 7.03. The molecule has 20 heavy (non-hydrogen) atoms. The zero-order valence-corrected chi connectivity index (χ0v) is 11.7. The van der Waals surface area contributed by atoms with E-state index in [-0.39, 0.29) is 35.5 Å². The minimum atomic E-state index is -0.148. The van der Waals surface area contributed by atoms with Crippen LogP contribution in [0.25, 0.3) is 0 Å². The summed E-state index contributed by atoms with van der Waals surface area (Å²) in [5.41, 5.74) is 0. The molecule has 0 unspecified atom stereocenters. The molecule has 5 nitrogen and oxygen atoms in total. The van der Waals surface area contributed by atoms with Crippen LogP contribution in [0.4, 0.5) is 5.13 Å². The van der Waals surface area contributed by atoms with E-state index in [1.165, 1.54) is 22.7 Å². The summed E-state index contributed by atoms with van der Waals surface area (Å²) in [4.78, 5) is 26.8. The SMILES string of the molecule is Cc1nnc(N2C(=O)[C@@H]3[C@H]4C=C[C@@H]([C@@H]5C[C@@H]45)[C@@H]3C2=O)s1. The molecule has 1 aliphatic heterocycles. The average molecular weight is 287 g/mol. The molecule has 0 aromatic carbocycles. The molecule has 6 heteroatoms. The predicted octanol–water partition coefficient (Wildman–Crippen LogP) is 1.40. The summed E-state index contributed by atoms with van der Waals surface area (Å²) >= 11 is 1.31. The van der Waals surface area contributed by atoms with Crippen LogP contribution in [0.3, 0.4) is 0 Å². The number of carbonyl (C=O) groups excluding carboxylic acids is 2. The lowest BCUT2D eigenvalue weighted by molar-refractivity contribution is -0.124. The molecule has 6 rings (SSSR count). The van der Waals surface area contributed by atoms with Crippen LogP contribution in [0.15, 0.2) is 12.2 Å². The highest BCUT2D eigenvalue weighted by Crippen LogP contribution is 2.65. The predicted molar refractivity (Wildman–Crippen MR) is 71.8 cm³/mol. The van der Waals surface area contributed by atoms with Crippen LogP contribution >= 0.6 is 11.3 Å². The fourth-order valence-electron chi connectivity index (χ4n) is 4.52. The van der Waals surface area contributed by atoms with E-state index >= 15 is 0 Å². The Kier molecular flexibility index (Phi) is 1.87. The third-order valence-electron chi connectivity index (χ3n) is 5.37. The molecule has 1 aromatic rings. The average Bonchev–Trinajstić information content (AvgIpc) is 3.10. The van der Waals surface area contributed by atoms with Crippen LogP contribution < -0.4 is 4.90 Å². The monoisotopic (exact) mass is 287 g/mol. The van der Waals surface area contributed by atoms with Crippen molar-refractivity contribution < 1.29 is 9.59 Å². The van der Waals surface area contributed by atoms with E-state index in [2.05, 4.69) is 22.3 Å². The third kappa shape index (κ3) is 1.15. The van der Waals surface area contributed by atoms with Gasteiger partial charge in [0.2, 0.25) is 16.9 Å². The van der Waals surface area contributed by atoms with Gasteiger partial charge in [-0.3, -0.25) is 9.59 Å². The molecule has 102 valence electrons. The van der Waals surface area contributed by atoms with Crippen LogP contribution in [0, 0.1) is 42.4 Å². The number of allylic oxidation sites excluding steroid dienone is 2. The largest absolute Gasteiger partial charge is 0.274 e. The summed E-state index contributed by atoms with van der Waals surface area (Å²) in [6, 6.07) is 0. The molecule has 3 fully saturated rings. The fraction of sp³-hybridized carbons (Fsp3) is 0.571. The molecule has 4 aliphatic carbocycles. The van der Waals surface area contributed by atoms with Gasteiger partial charge in [-0.2, -0.15) is 0 Å². The van der Waals surface area contributed by atoms with Crippen molar-refractivity contribution in [3.8, 4) is 0 Å². The van der Waals surface area contributed by atoms with Crippen LogP contribution in [-0.2, 0) is 9.59 Å². The Morgan fingerprint density at radius 2 is 1.70 bits per heavy atom. The number of hydrogen-bond donors (Lipinski definition) is 0. The standard InChI is InChI=1S/C14H13N3O2S/c1-5-15-16-14(20-5)17-12(18)10-6-2-3-7(9-4-8(6)9)11(10)13(17)19/h2-3,6-11H,4H2,1H3/t6-,7-,8-,9-,10-,11+/m0/s1. The highest BCUT2D eigenvalue weighted by Gasteiger charge is 2.67. The molecule has 1 saturated heterocycles. The van der Waals surface area contributed by atoms with Crippen molar-refractivity contribution in [1.82, 2.24) is 10.2 Å². The van der Waals surface area contributed by atoms with E-state index in [1.807, 2.05) is 6.92 Å². The summed E-state index contributed by atoms with van der Waals surface area (Å²) in [5, 5.41) is 9.14. The Hall–Kier alpha value is -1.56. The van der Waals surface area contributed by atoms with Crippen LogP contribution in [0.2, 0.25) is 0 Å². The number of imide groups is 1. The van der Waals surface area contributed by atoms with Crippen molar-refractivity contribution in [2.45, 2.75) is 13.3 Å². The fourth-order valence-corrected chi connectivity index (χ4v) is 5.22. The first kappa shape index (κ1) is 11.1. The molecule has 0 spiro atoms. The third-order valence-corrected chi connectivity index (χ3v) is 6.19. The maximum atomic E-state index is 12.7. The number of anilines is 1. The van der Waals surface area contributed by atoms with Crippen LogP contribution in [0.5, 0.6) is 0 Å². The smallest absolute Gasteiger partial charge is 0.240 e. The Balaban J connectivity index is 1.60. The lowest BCUT2D eigenvalue weighted by atomic mass is 9.63. The first-order valence-corrected chi connectivity index (χ1v) is 7.84. The van der Waals surface area contributed by atoms with Crippen molar-refractivity contribution in [1.29, 1.82) is 0 Å². The molecule has 5 aliphatic rings. The van der Waals surface area contributed by atoms with Gasteiger partial charge in [-0.25, -0.2) is 4.90 Å². The van der Waals surface area contributed by atoms with Crippen molar-refractivity contribution in [3.63, 3.8) is 0 Å². The maximum Gasteiger partial charge on any atom is 0.240 e. The molecule has 1 aromatic heterocycles. The zero-order chi connectivity index (χ0) is 13.6. The summed E-state index contributed by atoms with van der Waals surface area (Å²) in [6.45, 7) is 1.83. The summed E-state index contributed by atoms with van der Waals surface area (Å²) < 4.78 is 0. The second-order valence-electron chi connectivity index (χ2n) is 6.27. The number of hydrogen-bond acceptors (Lipinski definition) is 5. The van der Waals surface area contributed by atoms with Gasteiger partial charge in [-0.05, 0) is 37.0 Å². The summed E-state index contributed by atoms with van der Waals surface area (Å²) in [5.74, 6) is 1.41. The van der Waals surface area contributed by atoms with Crippen molar-refractivity contribution in [3.05, 3.63) is 17.2 Å². The number of rotatable bonds is 1. The molecule has 0 N–H and O–H groups in total. The molecule has 2 saturated carbocycles. The zero-order valence-electron chi connectivity index (χ0n) is 10.9. The van der Waals surface area contributed by atoms with Gasteiger partial charge in [-0.15, -0.1) is 10.2 Å². The lowest BCUT2D eigenvalue weighted by Crippen LogP contribution is -2.40. The molecule has 6 atom stereocenters. The van der Waals surface area contributed by atoms with Gasteiger partial charge in [0.1, 0.15) is 5.01 Å². The molecule has 2 heterocycles. The van der Waals surface area contributed by atoms with E-state index < -0.39 is 0 Å². The van der Waals surface area contributed by atoms with Gasteiger partial charge in [0.05, 0.1) is 11.8 Å². The quantitative estimate of drug-likeness (QED) is 0.578. The molecule has 0 radical (unpaired) electrons. The Bertz CT molecular complexity index is 646. The number of aromatic nitrogens is 2. The van der Waals surface area contributed by atoms with E-state index in [0.717, 1.165) is 5.01 Å². The highest BCUT2D eigenvalue weighted by atomic mass is 32.1. The number of nitrogens with zero attached hydrogens (tertiary/aromatic N) is 3. The molecular formula is C14H13N3O2S. The van der Waals surface area contributed by atoms with Crippen molar-refractivity contribution >= 4 is 28.3 Å². The van der Waals surface area contributed by atoms with Crippen molar-refractivity contribution in [2.24, 2.45) is 35.5 Å². The number of aryl methyl sites for hydroxylation is 1. The van der Waals surface area contributed by atoms with E-state index in [1.54, 1.807) is 0 Å². The molecule has 2 bridgehead atoms. The van der Waals surface area contributed by atoms with Gasteiger partial charge < -0.3 is 0 Å². The normalized spacial score (nSPS) is 44.0.